The number of thioether (sulfide) groups is 1. The summed E-state index contributed by atoms with van der Waals surface area (Å²) >= 11 is 1.71. The minimum atomic E-state index is -3.47. The molecule has 0 amide bonds. The average Bonchev–Trinajstić information content (AvgIpc) is 2.49. The van der Waals surface area contributed by atoms with Gasteiger partial charge in [0.1, 0.15) is 5.75 Å². The molecule has 0 heterocycles. The maximum Gasteiger partial charge on any atom is 0.240 e. The molecule has 1 aromatic rings. The van der Waals surface area contributed by atoms with Gasteiger partial charge in [-0.15, -0.1) is 0 Å². The van der Waals surface area contributed by atoms with Crippen LogP contribution in [-0.2, 0) is 16.4 Å². The lowest BCUT2D eigenvalue weighted by Crippen LogP contribution is -2.26. The Hall–Kier alpha value is -0.760. The minimum Gasteiger partial charge on any atom is -0.497 e. The van der Waals surface area contributed by atoms with Crippen LogP contribution in [0.25, 0.3) is 0 Å². The second-order valence-corrected chi connectivity index (χ2v) is 7.29. The van der Waals surface area contributed by atoms with Crippen molar-refractivity contribution >= 4 is 21.8 Å². The summed E-state index contributed by atoms with van der Waals surface area (Å²) in [5.41, 5.74) is 0.765. The zero-order valence-electron chi connectivity index (χ0n) is 12.8. The van der Waals surface area contributed by atoms with Crippen LogP contribution in [0.15, 0.2) is 23.1 Å². The molecule has 21 heavy (non-hydrogen) atoms. The van der Waals surface area contributed by atoms with Gasteiger partial charge in [0.05, 0.1) is 12.0 Å². The van der Waals surface area contributed by atoms with Crippen LogP contribution < -0.4 is 14.8 Å². The fraction of sp³-hybridized carbons (Fsp3) is 0.571. The van der Waals surface area contributed by atoms with Crippen LogP contribution in [0.2, 0.25) is 0 Å². The molecule has 5 nitrogen and oxygen atoms in total. The fourth-order valence-corrected chi connectivity index (χ4v) is 3.66. The summed E-state index contributed by atoms with van der Waals surface area (Å²) in [5, 5.41) is 3.03. The molecule has 1 rings (SSSR count). The summed E-state index contributed by atoms with van der Waals surface area (Å²) in [6.45, 7) is 1.17. The standard InChI is InChI=1S/C14H24N2O3S2/c1-15-9-7-12-11-13(19-2)5-6-14(12)21(17,18)16-8-4-10-20-3/h5-6,11,15-16H,4,7-10H2,1-3H3. The highest BCUT2D eigenvalue weighted by Gasteiger charge is 2.18. The van der Waals surface area contributed by atoms with Gasteiger partial charge in [-0.1, -0.05) is 0 Å². The number of rotatable bonds is 10. The molecule has 0 aliphatic carbocycles. The third-order valence-corrected chi connectivity index (χ3v) is 5.28. The maximum absolute atomic E-state index is 12.4. The molecule has 0 aliphatic heterocycles. The topological polar surface area (TPSA) is 67.4 Å². The Morgan fingerprint density at radius 1 is 1.29 bits per heavy atom. The number of benzene rings is 1. The maximum atomic E-state index is 12.4. The normalized spacial score (nSPS) is 11.6. The first-order valence-electron chi connectivity index (χ1n) is 6.85. The molecule has 0 fully saturated rings. The van der Waals surface area contributed by atoms with Crippen molar-refractivity contribution < 1.29 is 13.2 Å². The van der Waals surface area contributed by atoms with Gasteiger partial charge in [0.25, 0.3) is 0 Å². The molecule has 0 radical (unpaired) electrons. The molecule has 0 aromatic heterocycles. The fourth-order valence-electron chi connectivity index (χ4n) is 1.90. The predicted octanol–water partition coefficient (Wildman–Crippen LogP) is 1.49. The summed E-state index contributed by atoms with van der Waals surface area (Å²) < 4.78 is 32.6. The minimum absolute atomic E-state index is 0.336. The Morgan fingerprint density at radius 3 is 2.67 bits per heavy atom. The summed E-state index contributed by atoms with van der Waals surface area (Å²) in [6.07, 6.45) is 3.46. The van der Waals surface area contributed by atoms with Crippen molar-refractivity contribution in [3.8, 4) is 5.75 Å². The van der Waals surface area contributed by atoms with E-state index in [4.69, 9.17) is 4.74 Å². The quantitative estimate of drug-likeness (QED) is 0.636. The highest BCUT2D eigenvalue weighted by Crippen LogP contribution is 2.22. The van der Waals surface area contributed by atoms with Crippen molar-refractivity contribution in [2.45, 2.75) is 17.7 Å². The van der Waals surface area contributed by atoms with Crippen molar-refractivity contribution in [3.63, 3.8) is 0 Å². The van der Waals surface area contributed by atoms with Crippen LogP contribution in [0.3, 0.4) is 0 Å². The number of hydrogen-bond acceptors (Lipinski definition) is 5. The van der Waals surface area contributed by atoms with E-state index in [9.17, 15) is 8.42 Å². The van der Waals surface area contributed by atoms with Gasteiger partial charge in [-0.2, -0.15) is 11.8 Å². The van der Waals surface area contributed by atoms with Crippen LogP contribution in [0, 0.1) is 0 Å². The van der Waals surface area contributed by atoms with Gasteiger partial charge in [0, 0.05) is 6.54 Å². The van der Waals surface area contributed by atoms with Crippen molar-refractivity contribution in [1.82, 2.24) is 10.0 Å². The average molecular weight is 332 g/mol. The molecule has 0 saturated carbocycles. The number of hydrogen-bond donors (Lipinski definition) is 2. The van der Waals surface area contributed by atoms with E-state index in [0.29, 0.717) is 30.2 Å². The van der Waals surface area contributed by atoms with Gasteiger partial charge in [-0.3, -0.25) is 0 Å². The molecule has 0 saturated heterocycles. The van der Waals surface area contributed by atoms with Crippen LogP contribution in [0.5, 0.6) is 5.75 Å². The number of ether oxygens (including phenoxy) is 1. The number of nitrogens with one attached hydrogen (secondary N) is 2. The second kappa shape index (κ2) is 9.30. The molecular formula is C14H24N2O3S2. The first kappa shape index (κ1) is 18.3. The zero-order chi connectivity index (χ0) is 15.7. The molecule has 0 unspecified atom stereocenters. The number of likely N-dealkylation sites (N-methyl/N-ethyl adjacent to an activating group) is 1. The van der Waals surface area contributed by atoms with Gasteiger partial charge in [-0.25, -0.2) is 13.1 Å². The van der Waals surface area contributed by atoms with E-state index in [-0.39, 0.29) is 0 Å². The van der Waals surface area contributed by atoms with Crippen LogP contribution in [0.4, 0.5) is 0 Å². The van der Waals surface area contributed by atoms with E-state index < -0.39 is 10.0 Å². The van der Waals surface area contributed by atoms with Crippen LogP contribution >= 0.6 is 11.8 Å². The summed E-state index contributed by atoms with van der Waals surface area (Å²) in [4.78, 5) is 0.336. The summed E-state index contributed by atoms with van der Waals surface area (Å²) in [7, 11) is -0.0517. The highest BCUT2D eigenvalue weighted by atomic mass is 32.2. The largest absolute Gasteiger partial charge is 0.497 e. The van der Waals surface area contributed by atoms with E-state index >= 15 is 0 Å². The van der Waals surface area contributed by atoms with Crippen LogP contribution in [0.1, 0.15) is 12.0 Å². The molecule has 0 aliphatic rings. The Balaban J connectivity index is 2.92. The zero-order valence-corrected chi connectivity index (χ0v) is 14.4. The van der Waals surface area contributed by atoms with Gasteiger partial charge >= 0.3 is 0 Å². The van der Waals surface area contributed by atoms with E-state index in [1.54, 1.807) is 37.1 Å². The van der Waals surface area contributed by atoms with Gasteiger partial charge in [0.2, 0.25) is 10.0 Å². The Kier molecular flexibility index (Phi) is 8.10. The molecule has 2 N–H and O–H groups in total. The van der Waals surface area contributed by atoms with E-state index in [1.807, 2.05) is 13.3 Å². The smallest absolute Gasteiger partial charge is 0.240 e. The van der Waals surface area contributed by atoms with Crippen molar-refractivity contribution in [2.24, 2.45) is 0 Å². The highest BCUT2D eigenvalue weighted by molar-refractivity contribution is 7.98. The molecule has 0 spiro atoms. The first-order valence-corrected chi connectivity index (χ1v) is 9.73. The van der Waals surface area contributed by atoms with E-state index in [1.165, 1.54) is 0 Å². The molecule has 0 atom stereocenters. The van der Waals surface area contributed by atoms with E-state index in [2.05, 4.69) is 10.0 Å². The van der Waals surface area contributed by atoms with Gasteiger partial charge in [-0.05, 0) is 62.2 Å². The molecule has 1 aromatic carbocycles. The van der Waals surface area contributed by atoms with Gasteiger partial charge in [0.15, 0.2) is 0 Å². The van der Waals surface area contributed by atoms with Crippen molar-refractivity contribution in [1.29, 1.82) is 0 Å². The van der Waals surface area contributed by atoms with Crippen molar-refractivity contribution in [2.75, 3.05) is 39.3 Å². The predicted molar refractivity (Wildman–Crippen MR) is 88.8 cm³/mol. The second-order valence-electron chi connectivity index (χ2n) is 4.57. The summed E-state index contributed by atoms with van der Waals surface area (Å²) in [6, 6.07) is 5.08. The third kappa shape index (κ3) is 5.86. The van der Waals surface area contributed by atoms with E-state index in [0.717, 1.165) is 17.7 Å². The molecular weight excluding hydrogens is 308 g/mol. The lowest BCUT2D eigenvalue weighted by Gasteiger charge is -2.13. The third-order valence-electron chi connectivity index (χ3n) is 3.02. The monoisotopic (exact) mass is 332 g/mol. The Morgan fingerprint density at radius 2 is 2.05 bits per heavy atom. The van der Waals surface area contributed by atoms with Gasteiger partial charge < -0.3 is 10.1 Å². The number of methoxy groups -OCH3 is 1. The lowest BCUT2D eigenvalue weighted by atomic mass is 10.1. The molecule has 0 bridgehead atoms. The number of sulfonamides is 1. The van der Waals surface area contributed by atoms with Crippen molar-refractivity contribution in [3.05, 3.63) is 23.8 Å². The summed E-state index contributed by atoms with van der Waals surface area (Å²) in [5.74, 6) is 1.61. The lowest BCUT2D eigenvalue weighted by molar-refractivity contribution is 0.413. The molecule has 7 heteroatoms. The SMILES string of the molecule is CNCCc1cc(OC)ccc1S(=O)(=O)NCCCSC. The Bertz CT molecular complexity index is 533. The first-order chi connectivity index (χ1) is 10.0. The molecule has 120 valence electrons. The van der Waals surface area contributed by atoms with Crippen LogP contribution in [-0.4, -0.2) is 47.7 Å². The Labute approximate surface area is 131 Å².